The first-order valence-electron chi connectivity index (χ1n) is 5.58. The van der Waals surface area contributed by atoms with Gasteiger partial charge >= 0.3 is 11.9 Å². The summed E-state index contributed by atoms with van der Waals surface area (Å²) in [5.74, 6) is 0.772. The van der Waals surface area contributed by atoms with Gasteiger partial charge in [0.1, 0.15) is 0 Å². The first-order valence-corrected chi connectivity index (χ1v) is 5.58. The van der Waals surface area contributed by atoms with Crippen molar-refractivity contribution in [2.24, 2.45) is 17.8 Å². The van der Waals surface area contributed by atoms with Crippen LogP contribution in [0.15, 0.2) is 0 Å². The molecule has 1 N–H and O–H groups in total. The van der Waals surface area contributed by atoms with E-state index in [0.717, 1.165) is 11.8 Å². The highest BCUT2D eigenvalue weighted by Crippen LogP contribution is 2.48. The lowest BCUT2D eigenvalue weighted by atomic mass is 9.98. The number of hydrogen-bond acceptors (Lipinski definition) is 3. The normalized spacial score (nSPS) is 20.1. The van der Waals surface area contributed by atoms with E-state index in [1.165, 1.54) is 32.8 Å². The molecule has 0 aromatic rings. The van der Waals surface area contributed by atoms with Crippen molar-refractivity contribution >= 4 is 11.9 Å². The van der Waals surface area contributed by atoms with E-state index in [-0.39, 0.29) is 0 Å². The van der Waals surface area contributed by atoms with Gasteiger partial charge < -0.3 is 10.1 Å². The van der Waals surface area contributed by atoms with Gasteiger partial charge in [-0.2, -0.15) is 0 Å². The van der Waals surface area contributed by atoms with E-state index in [1.54, 1.807) is 0 Å². The summed E-state index contributed by atoms with van der Waals surface area (Å²) < 4.78 is 4.35. The zero-order valence-corrected chi connectivity index (χ0v) is 8.99. The number of nitrogens with one attached hydrogen (secondary N) is 1. The number of ether oxygens (including phenoxy) is 1. The van der Waals surface area contributed by atoms with Crippen LogP contribution in [0.25, 0.3) is 0 Å². The summed E-state index contributed by atoms with van der Waals surface area (Å²) in [5.41, 5.74) is 0. The van der Waals surface area contributed by atoms with Crippen LogP contribution in [-0.2, 0) is 14.3 Å². The molecular formula is C11H17NO3. The van der Waals surface area contributed by atoms with Crippen LogP contribution in [0, 0.1) is 17.8 Å². The van der Waals surface area contributed by atoms with Crippen molar-refractivity contribution < 1.29 is 14.3 Å². The molecule has 2 aliphatic rings. The predicted octanol–water partition coefficient (Wildman–Crippen LogP) is 0.712. The molecule has 0 saturated heterocycles. The fourth-order valence-corrected chi connectivity index (χ4v) is 2.14. The van der Waals surface area contributed by atoms with Crippen molar-refractivity contribution in [1.29, 1.82) is 0 Å². The van der Waals surface area contributed by atoms with Crippen molar-refractivity contribution in [2.75, 3.05) is 13.7 Å². The molecule has 2 rings (SSSR count). The van der Waals surface area contributed by atoms with E-state index >= 15 is 0 Å². The smallest absolute Gasteiger partial charge is 0.396 e. The molecule has 0 unspecified atom stereocenters. The van der Waals surface area contributed by atoms with Crippen molar-refractivity contribution in [1.82, 2.24) is 5.32 Å². The highest BCUT2D eigenvalue weighted by Gasteiger charge is 2.41. The molecule has 2 fully saturated rings. The molecule has 0 heterocycles. The third kappa shape index (κ3) is 2.70. The third-order valence-corrected chi connectivity index (χ3v) is 3.32. The number of amides is 1. The standard InChI is InChI=1S/C11H17NO3/c1-15-11(14)10(13)12-6-9(7-2-3-7)8-4-5-8/h7-9H,2-6H2,1H3,(H,12,13). The Morgan fingerprint density at radius 3 is 2.20 bits per heavy atom. The molecule has 15 heavy (non-hydrogen) atoms. The van der Waals surface area contributed by atoms with Gasteiger partial charge in [0.2, 0.25) is 0 Å². The topological polar surface area (TPSA) is 55.4 Å². The van der Waals surface area contributed by atoms with Gasteiger partial charge in [-0.15, -0.1) is 0 Å². The molecule has 0 aliphatic heterocycles. The summed E-state index contributed by atoms with van der Waals surface area (Å²) in [6.07, 6.45) is 5.15. The zero-order valence-electron chi connectivity index (χ0n) is 8.99. The molecule has 1 amide bonds. The van der Waals surface area contributed by atoms with E-state index in [0.29, 0.717) is 12.5 Å². The molecule has 0 radical (unpaired) electrons. The van der Waals surface area contributed by atoms with Gasteiger partial charge in [-0.3, -0.25) is 4.79 Å². The molecule has 2 aliphatic carbocycles. The first-order chi connectivity index (χ1) is 7.22. The molecule has 0 aromatic heterocycles. The SMILES string of the molecule is COC(=O)C(=O)NCC(C1CC1)C1CC1. The van der Waals surface area contributed by atoms with Crippen LogP contribution in [0.5, 0.6) is 0 Å². The highest BCUT2D eigenvalue weighted by atomic mass is 16.5. The lowest BCUT2D eigenvalue weighted by Gasteiger charge is -2.15. The van der Waals surface area contributed by atoms with E-state index < -0.39 is 11.9 Å². The average Bonchev–Trinajstić information content (AvgIpc) is 3.07. The largest absolute Gasteiger partial charge is 0.462 e. The van der Waals surface area contributed by atoms with Crippen molar-refractivity contribution in [3.63, 3.8) is 0 Å². The number of carbonyl (C=O) groups is 2. The highest BCUT2D eigenvalue weighted by molar-refractivity contribution is 6.32. The van der Waals surface area contributed by atoms with Crippen molar-refractivity contribution in [3.8, 4) is 0 Å². The van der Waals surface area contributed by atoms with Gasteiger partial charge in [0.25, 0.3) is 0 Å². The number of methoxy groups -OCH3 is 1. The molecule has 0 bridgehead atoms. The maximum atomic E-state index is 11.2. The maximum absolute atomic E-state index is 11.2. The number of rotatable bonds is 4. The minimum absolute atomic E-state index is 0.596. The van der Waals surface area contributed by atoms with Crippen LogP contribution < -0.4 is 5.32 Å². The Morgan fingerprint density at radius 1 is 1.27 bits per heavy atom. The summed E-state index contributed by atoms with van der Waals surface area (Å²) in [5, 5.41) is 2.66. The Labute approximate surface area is 89.4 Å². The van der Waals surface area contributed by atoms with Gasteiger partial charge in [0, 0.05) is 6.54 Å². The zero-order chi connectivity index (χ0) is 10.8. The van der Waals surface area contributed by atoms with Crippen LogP contribution >= 0.6 is 0 Å². The fraction of sp³-hybridized carbons (Fsp3) is 0.818. The van der Waals surface area contributed by atoms with Gasteiger partial charge in [0.15, 0.2) is 0 Å². The summed E-state index contributed by atoms with van der Waals surface area (Å²) in [7, 11) is 1.22. The van der Waals surface area contributed by atoms with Crippen LogP contribution in [0.3, 0.4) is 0 Å². The predicted molar refractivity (Wildman–Crippen MR) is 54.0 cm³/mol. The minimum Gasteiger partial charge on any atom is -0.462 e. The second kappa shape index (κ2) is 4.21. The molecule has 0 spiro atoms. The van der Waals surface area contributed by atoms with Crippen molar-refractivity contribution in [3.05, 3.63) is 0 Å². The molecule has 4 nitrogen and oxygen atoms in total. The van der Waals surface area contributed by atoms with Gasteiger partial charge in [-0.25, -0.2) is 4.79 Å². The van der Waals surface area contributed by atoms with Gasteiger partial charge in [0.05, 0.1) is 7.11 Å². The molecule has 0 aromatic carbocycles. The molecule has 0 atom stereocenters. The first kappa shape index (κ1) is 10.5. The quantitative estimate of drug-likeness (QED) is 0.550. The summed E-state index contributed by atoms with van der Waals surface area (Å²) in [6.45, 7) is 0.642. The Morgan fingerprint density at radius 2 is 1.80 bits per heavy atom. The Kier molecular flexibility index (Phi) is 2.93. The second-order valence-corrected chi connectivity index (χ2v) is 4.54. The van der Waals surface area contributed by atoms with E-state index in [1.807, 2.05) is 0 Å². The maximum Gasteiger partial charge on any atom is 0.396 e. The molecule has 84 valence electrons. The minimum atomic E-state index is -0.791. The lowest BCUT2D eigenvalue weighted by Crippen LogP contribution is -2.36. The Hall–Kier alpha value is -1.06. The van der Waals surface area contributed by atoms with E-state index in [9.17, 15) is 9.59 Å². The lowest BCUT2D eigenvalue weighted by molar-refractivity contribution is -0.152. The second-order valence-electron chi connectivity index (χ2n) is 4.54. The average molecular weight is 211 g/mol. The van der Waals surface area contributed by atoms with Gasteiger partial charge in [-0.1, -0.05) is 0 Å². The van der Waals surface area contributed by atoms with E-state index in [4.69, 9.17) is 0 Å². The third-order valence-electron chi connectivity index (χ3n) is 3.32. The Bertz CT molecular complexity index is 257. The van der Waals surface area contributed by atoms with Crippen LogP contribution in [-0.4, -0.2) is 25.5 Å². The summed E-state index contributed by atoms with van der Waals surface area (Å²) >= 11 is 0. The van der Waals surface area contributed by atoms with Crippen LogP contribution in [0.2, 0.25) is 0 Å². The van der Waals surface area contributed by atoms with Crippen LogP contribution in [0.4, 0.5) is 0 Å². The molecule has 4 heteroatoms. The molecule has 2 saturated carbocycles. The Balaban J connectivity index is 1.75. The monoisotopic (exact) mass is 211 g/mol. The fourth-order valence-electron chi connectivity index (χ4n) is 2.14. The summed E-state index contributed by atoms with van der Waals surface area (Å²) in [4.78, 5) is 22.0. The van der Waals surface area contributed by atoms with Crippen molar-refractivity contribution in [2.45, 2.75) is 25.7 Å². The molecular weight excluding hydrogens is 194 g/mol. The van der Waals surface area contributed by atoms with Gasteiger partial charge in [-0.05, 0) is 43.4 Å². The number of esters is 1. The number of hydrogen-bond donors (Lipinski definition) is 1. The summed E-state index contributed by atoms with van der Waals surface area (Å²) in [6, 6.07) is 0. The number of carbonyl (C=O) groups excluding carboxylic acids is 2. The van der Waals surface area contributed by atoms with E-state index in [2.05, 4.69) is 10.1 Å². The van der Waals surface area contributed by atoms with Crippen LogP contribution in [0.1, 0.15) is 25.7 Å².